The van der Waals surface area contributed by atoms with Gasteiger partial charge in [-0.25, -0.2) is 0 Å². The van der Waals surface area contributed by atoms with Crippen LogP contribution >= 0.6 is 0 Å². The summed E-state index contributed by atoms with van der Waals surface area (Å²) < 4.78 is 82.8. The summed E-state index contributed by atoms with van der Waals surface area (Å²) in [6, 6.07) is -5.56. The van der Waals surface area contributed by atoms with Gasteiger partial charge in [0, 0.05) is 20.8 Å². The summed E-state index contributed by atoms with van der Waals surface area (Å²) in [5.41, 5.74) is 0. The van der Waals surface area contributed by atoms with Crippen LogP contribution in [-0.2, 0) is 80.7 Å². The third-order valence-corrected chi connectivity index (χ3v) is 17.4. The molecular formula is C54H93N3O38. The normalized spacial score (nSPS) is 47.2. The summed E-state index contributed by atoms with van der Waals surface area (Å²) in [7, 11) is 0. The van der Waals surface area contributed by atoms with Crippen molar-refractivity contribution in [3.8, 4) is 0 Å². The fourth-order valence-electron chi connectivity index (χ4n) is 12.0. The lowest BCUT2D eigenvalue weighted by molar-refractivity contribution is -0.393. The average molecular weight is 1390 g/mol. The van der Waals surface area contributed by atoms with E-state index in [1.54, 1.807) is 0 Å². The molecule has 41 heteroatoms. The first-order valence-electron chi connectivity index (χ1n) is 30.6. The van der Waals surface area contributed by atoms with E-state index in [1.807, 2.05) is 0 Å². The Morgan fingerprint density at radius 1 is 0.379 bits per heavy atom. The van der Waals surface area contributed by atoms with Crippen molar-refractivity contribution in [2.45, 2.75) is 281 Å². The molecule has 3 amide bonds. The van der Waals surface area contributed by atoms with E-state index < -0.39 is 297 Å². The highest BCUT2D eigenvalue weighted by Gasteiger charge is 2.59. The van der Waals surface area contributed by atoms with E-state index >= 15 is 0 Å². The van der Waals surface area contributed by atoms with Crippen molar-refractivity contribution in [3.05, 3.63) is 0 Å². The molecule has 552 valence electrons. The SMILES string of the molecule is CC(=O)N[C@H]1[C@H](O[C@@H]([C@@H](O)[C@H](O)CO[C@@H]2O[C@H](CO)[C@@H](O[C@@H]3O[C@H](CO)[C@H](O)[C@H](O)[C@H]3O[C@@H]3O[C@@H](C)[C@@H](O)[C@@H](O)[C@@H]3O)[C@H](O[C@@H]3O[C@@H](C)[C@@H](O)[C@@H](O)[C@@H]3O)[C@H]2NC(C)=O)[C@H](CO)NC(C)=O)O[C@H](CO)[C@@H](O[C@@H]2O[C@H](CO)[C@H](O)[C@H](O)[C@H]2O[C@@H]2O[C@@H](C)[C@@H](O)[C@@H](O)[C@@H]2O)[C@@H]1O. The maximum Gasteiger partial charge on any atom is 0.217 e. The van der Waals surface area contributed by atoms with E-state index in [2.05, 4.69) is 16.0 Å². The number of rotatable bonds is 26. The first-order valence-corrected chi connectivity index (χ1v) is 30.6. The van der Waals surface area contributed by atoms with Crippen molar-refractivity contribution >= 4 is 17.7 Å². The number of aliphatic hydroxyl groups excluding tert-OH is 21. The van der Waals surface area contributed by atoms with Gasteiger partial charge in [-0.2, -0.15) is 0 Å². The first kappa shape index (κ1) is 79.3. The van der Waals surface area contributed by atoms with Gasteiger partial charge in [0.1, 0.15) is 171 Å². The molecule has 95 heavy (non-hydrogen) atoms. The van der Waals surface area contributed by atoms with Crippen LogP contribution in [0.3, 0.4) is 0 Å². The van der Waals surface area contributed by atoms with Crippen LogP contribution in [0.1, 0.15) is 41.5 Å². The number of nitrogens with one attached hydrogen (secondary N) is 3. The van der Waals surface area contributed by atoms with E-state index in [0.717, 1.165) is 20.8 Å². The number of amides is 3. The minimum Gasteiger partial charge on any atom is -0.394 e. The Hall–Kier alpha value is -2.99. The molecule has 0 aliphatic carbocycles. The first-order chi connectivity index (χ1) is 44.7. The van der Waals surface area contributed by atoms with Crippen LogP contribution in [0.2, 0.25) is 0 Å². The van der Waals surface area contributed by atoms with Crippen molar-refractivity contribution in [1.82, 2.24) is 16.0 Å². The number of carbonyl (C=O) groups excluding carboxylic acids is 3. The van der Waals surface area contributed by atoms with Crippen molar-refractivity contribution in [2.75, 3.05) is 39.6 Å². The lowest BCUT2D eigenvalue weighted by atomic mass is 9.94. The minimum atomic E-state index is -2.43. The largest absolute Gasteiger partial charge is 0.394 e. The zero-order valence-electron chi connectivity index (χ0n) is 52.1. The van der Waals surface area contributed by atoms with E-state index in [0.29, 0.717) is 0 Å². The molecule has 7 aliphatic rings. The van der Waals surface area contributed by atoms with Crippen LogP contribution < -0.4 is 16.0 Å². The van der Waals surface area contributed by atoms with Crippen LogP contribution in [0.5, 0.6) is 0 Å². The quantitative estimate of drug-likeness (QED) is 0.0382. The summed E-state index contributed by atoms with van der Waals surface area (Å²) in [6.07, 6.45) is -68.9. The van der Waals surface area contributed by atoms with Gasteiger partial charge in [0.05, 0.1) is 64.0 Å². The highest BCUT2D eigenvalue weighted by molar-refractivity contribution is 5.74. The molecule has 7 heterocycles. The van der Waals surface area contributed by atoms with Crippen molar-refractivity contribution in [2.24, 2.45) is 0 Å². The molecule has 7 fully saturated rings. The number of ether oxygens (including phenoxy) is 14. The molecule has 39 atom stereocenters. The topological polar surface area (TPSA) is 641 Å². The van der Waals surface area contributed by atoms with Gasteiger partial charge in [0.25, 0.3) is 0 Å². The summed E-state index contributed by atoms with van der Waals surface area (Å²) in [6.45, 7) is 0.202. The molecule has 7 aliphatic heterocycles. The Kier molecular flexibility index (Phi) is 28.9. The lowest BCUT2D eigenvalue weighted by Crippen LogP contribution is -2.70. The van der Waals surface area contributed by atoms with E-state index in [9.17, 15) is 122 Å². The third kappa shape index (κ3) is 18.0. The number of aliphatic hydroxyl groups is 21. The maximum atomic E-state index is 13.2. The van der Waals surface area contributed by atoms with Gasteiger partial charge in [0.2, 0.25) is 17.7 Å². The van der Waals surface area contributed by atoms with E-state index in [-0.39, 0.29) is 0 Å². The molecule has 0 spiro atoms. The van der Waals surface area contributed by atoms with Crippen LogP contribution in [0.15, 0.2) is 0 Å². The summed E-state index contributed by atoms with van der Waals surface area (Å²) >= 11 is 0. The van der Waals surface area contributed by atoms with Gasteiger partial charge >= 0.3 is 0 Å². The fourth-order valence-corrected chi connectivity index (χ4v) is 12.0. The molecule has 0 aromatic rings. The van der Waals surface area contributed by atoms with Gasteiger partial charge in [-0.3, -0.25) is 14.4 Å². The molecule has 0 aromatic carbocycles. The zero-order chi connectivity index (χ0) is 70.5. The van der Waals surface area contributed by atoms with Crippen molar-refractivity contribution < 1.29 is 188 Å². The zero-order valence-corrected chi connectivity index (χ0v) is 52.1. The molecule has 7 saturated heterocycles. The highest BCUT2D eigenvalue weighted by atomic mass is 16.8. The van der Waals surface area contributed by atoms with Gasteiger partial charge in [-0.05, 0) is 20.8 Å². The van der Waals surface area contributed by atoms with E-state index in [4.69, 9.17) is 66.3 Å². The lowest BCUT2D eigenvalue weighted by Gasteiger charge is -2.51. The van der Waals surface area contributed by atoms with Gasteiger partial charge in [-0.15, -0.1) is 0 Å². The Morgan fingerprint density at radius 3 is 1.15 bits per heavy atom. The molecule has 0 saturated carbocycles. The second-order valence-corrected chi connectivity index (χ2v) is 24.3. The molecule has 0 bridgehead atoms. The van der Waals surface area contributed by atoms with Crippen LogP contribution in [0.25, 0.3) is 0 Å². The summed E-state index contributed by atoms with van der Waals surface area (Å²) in [4.78, 5) is 38.8. The van der Waals surface area contributed by atoms with Gasteiger partial charge in [-0.1, -0.05) is 0 Å². The number of hydrogen-bond donors (Lipinski definition) is 24. The number of carbonyl (C=O) groups is 3. The number of hydrogen-bond acceptors (Lipinski definition) is 38. The van der Waals surface area contributed by atoms with Crippen molar-refractivity contribution in [3.63, 3.8) is 0 Å². The third-order valence-electron chi connectivity index (χ3n) is 17.4. The molecule has 24 N–H and O–H groups in total. The molecule has 0 unspecified atom stereocenters. The predicted molar refractivity (Wildman–Crippen MR) is 297 cm³/mol. The van der Waals surface area contributed by atoms with Gasteiger partial charge in [0.15, 0.2) is 44.0 Å². The summed E-state index contributed by atoms with van der Waals surface area (Å²) in [5.74, 6) is -2.74. The molecular weight excluding hydrogens is 1300 g/mol. The second kappa shape index (κ2) is 34.6. The van der Waals surface area contributed by atoms with Crippen molar-refractivity contribution in [1.29, 1.82) is 0 Å². The smallest absolute Gasteiger partial charge is 0.217 e. The van der Waals surface area contributed by atoms with Gasteiger partial charge < -0.3 is 190 Å². The van der Waals surface area contributed by atoms with Crippen LogP contribution in [0, 0.1) is 0 Å². The Bertz CT molecular complexity index is 2410. The van der Waals surface area contributed by atoms with Crippen LogP contribution in [-0.4, -0.2) is 404 Å². The Labute approximate surface area is 540 Å². The highest BCUT2D eigenvalue weighted by Crippen LogP contribution is 2.38. The molecule has 0 aromatic heterocycles. The molecule has 7 rings (SSSR count). The average Bonchev–Trinajstić information content (AvgIpc) is 0.774. The maximum absolute atomic E-state index is 13.2. The minimum absolute atomic E-state index is 0.887. The predicted octanol–water partition coefficient (Wildman–Crippen LogP) is -15.3. The fraction of sp³-hybridized carbons (Fsp3) is 0.944. The molecule has 41 nitrogen and oxygen atoms in total. The Morgan fingerprint density at radius 2 is 0.747 bits per heavy atom. The van der Waals surface area contributed by atoms with Crippen LogP contribution in [0.4, 0.5) is 0 Å². The summed E-state index contributed by atoms with van der Waals surface area (Å²) in [5, 5.41) is 237. The monoisotopic (exact) mass is 1390 g/mol. The second-order valence-electron chi connectivity index (χ2n) is 24.3. The standard InChI is InChI=1S/C54H93N3O38/c1-13-27(67)34(74)39(79)50(83-13)93-45-26(57-18(6)65)48(88-24(11-62)44(45)92-54-47(38(78)32(72)22(9-60)87-54)95-52-41(81)36(76)29(69)15(3)85-52)82-12-20(66)30(70)42(19(7-58)55-16(4)63)90-49-25(56-17(5)64)33(73)43(23(10-61)89-49)91-53-46(37(77)31(71)21(8-59)86-53)94-51-40(80)35(75)28(68)14(2)84-51/h13-15,19-54,58-62,66-81H,7-12H2,1-6H3,(H,55,63)(H,56,64)(H,57,65)/t13-,14-,15-,19-,20+,21+,22+,23+,24+,25+,26+,27+,28+,29+,30-,31-,32-,33+,34+,35+,36+,37-,38-,39-,40-,41-,42+,43+,44+,45+,46+,47+,48+,49-,50-,51-,52-,53-,54-/m0/s1. The Balaban J connectivity index is 1.18. The van der Waals surface area contributed by atoms with E-state index in [1.165, 1.54) is 20.8 Å². The molecule has 0 radical (unpaired) electrons.